The quantitative estimate of drug-likeness (QED) is 0.562. The first-order valence-corrected chi connectivity index (χ1v) is 10.4. The van der Waals surface area contributed by atoms with Crippen molar-refractivity contribution in [3.63, 3.8) is 0 Å². The van der Waals surface area contributed by atoms with E-state index < -0.39 is 23.8 Å². The third-order valence-corrected chi connectivity index (χ3v) is 5.86. The number of esters is 2. The van der Waals surface area contributed by atoms with Gasteiger partial charge in [-0.15, -0.1) is 0 Å². The van der Waals surface area contributed by atoms with Crippen molar-refractivity contribution in [2.45, 2.75) is 39.5 Å². The summed E-state index contributed by atoms with van der Waals surface area (Å²) in [5.74, 6) is -3.13. The van der Waals surface area contributed by atoms with Gasteiger partial charge >= 0.3 is 11.9 Å². The van der Waals surface area contributed by atoms with E-state index in [0.717, 1.165) is 11.3 Å². The maximum Gasteiger partial charge on any atom is 0.336 e. The van der Waals surface area contributed by atoms with Crippen molar-refractivity contribution >= 4 is 29.3 Å². The fourth-order valence-corrected chi connectivity index (χ4v) is 4.34. The molecule has 0 radical (unpaired) electrons. The maximum atomic E-state index is 13.5. The average Bonchev–Trinajstić information content (AvgIpc) is 2.71. The van der Waals surface area contributed by atoms with Gasteiger partial charge in [-0.25, -0.2) is 4.79 Å². The maximum absolute atomic E-state index is 13.5. The number of methoxy groups -OCH3 is 1. The first-order chi connectivity index (χ1) is 14.3. The van der Waals surface area contributed by atoms with Gasteiger partial charge < -0.3 is 14.8 Å². The molecule has 6 nitrogen and oxygen atoms in total. The molecule has 30 heavy (non-hydrogen) atoms. The average molecular weight is 432 g/mol. The van der Waals surface area contributed by atoms with E-state index in [-0.39, 0.29) is 18.3 Å². The second-order valence-corrected chi connectivity index (χ2v) is 8.16. The summed E-state index contributed by atoms with van der Waals surface area (Å²) in [6.45, 7) is 5.85. The van der Waals surface area contributed by atoms with Crippen molar-refractivity contribution in [1.82, 2.24) is 5.32 Å². The summed E-state index contributed by atoms with van der Waals surface area (Å²) in [6.07, 6.45) is 1.19. The minimum absolute atomic E-state index is 0.219. The first-order valence-electron chi connectivity index (χ1n) is 10.1. The van der Waals surface area contributed by atoms with Crippen molar-refractivity contribution < 1.29 is 23.9 Å². The van der Waals surface area contributed by atoms with Crippen LogP contribution < -0.4 is 5.32 Å². The summed E-state index contributed by atoms with van der Waals surface area (Å²) in [5, 5.41) is 3.78. The number of ketones is 1. The van der Waals surface area contributed by atoms with Gasteiger partial charge in [-0.3, -0.25) is 9.59 Å². The zero-order valence-corrected chi connectivity index (χ0v) is 18.3. The zero-order chi connectivity index (χ0) is 22.0. The Morgan fingerprint density at radius 3 is 2.50 bits per heavy atom. The molecular formula is C23H26ClNO5. The lowest BCUT2D eigenvalue weighted by molar-refractivity contribution is -0.151. The Hall–Kier alpha value is -2.60. The summed E-state index contributed by atoms with van der Waals surface area (Å²) in [4.78, 5) is 38.8. The van der Waals surface area contributed by atoms with Crippen LogP contribution in [0.15, 0.2) is 46.8 Å². The highest BCUT2D eigenvalue weighted by Gasteiger charge is 2.47. The van der Waals surface area contributed by atoms with Crippen molar-refractivity contribution in [3.8, 4) is 0 Å². The molecule has 3 rings (SSSR count). The summed E-state index contributed by atoms with van der Waals surface area (Å²) >= 11 is 6.06. The molecular weight excluding hydrogens is 406 g/mol. The number of ether oxygens (including phenoxy) is 2. The van der Waals surface area contributed by atoms with Crippen LogP contribution in [0.3, 0.4) is 0 Å². The van der Waals surface area contributed by atoms with Crippen molar-refractivity contribution in [2.24, 2.45) is 11.8 Å². The van der Waals surface area contributed by atoms with Crippen LogP contribution >= 0.6 is 11.6 Å². The molecule has 1 aromatic carbocycles. The molecule has 0 amide bonds. The van der Waals surface area contributed by atoms with Gasteiger partial charge in [0, 0.05) is 27.9 Å². The predicted molar refractivity (Wildman–Crippen MR) is 113 cm³/mol. The van der Waals surface area contributed by atoms with Gasteiger partial charge in [-0.05, 0) is 43.4 Å². The highest BCUT2D eigenvalue weighted by atomic mass is 35.5. The fraction of sp³-hybridized carbons (Fsp3) is 0.435. The number of nitrogens with one attached hydrogen (secondary N) is 1. The van der Waals surface area contributed by atoms with Crippen LogP contribution in [-0.4, -0.2) is 31.4 Å². The van der Waals surface area contributed by atoms with Gasteiger partial charge in [-0.1, -0.05) is 37.6 Å². The van der Waals surface area contributed by atoms with Crippen LogP contribution in [0.4, 0.5) is 0 Å². The Morgan fingerprint density at radius 2 is 1.90 bits per heavy atom. The van der Waals surface area contributed by atoms with Crippen LogP contribution in [-0.2, 0) is 23.9 Å². The number of benzene rings is 1. The Bertz CT molecular complexity index is 931. The van der Waals surface area contributed by atoms with E-state index in [1.807, 2.05) is 13.8 Å². The van der Waals surface area contributed by atoms with Crippen LogP contribution in [0.2, 0.25) is 5.02 Å². The van der Waals surface area contributed by atoms with Crippen molar-refractivity contribution in [2.75, 3.05) is 13.7 Å². The summed E-state index contributed by atoms with van der Waals surface area (Å²) in [6, 6.07) is 7.03. The van der Waals surface area contributed by atoms with E-state index in [4.69, 9.17) is 21.1 Å². The lowest BCUT2D eigenvalue weighted by Crippen LogP contribution is -2.43. The molecule has 1 heterocycles. The van der Waals surface area contributed by atoms with Crippen molar-refractivity contribution in [3.05, 3.63) is 57.4 Å². The number of hydrogen-bond donors (Lipinski definition) is 1. The van der Waals surface area contributed by atoms with Gasteiger partial charge in [0.1, 0.15) is 5.92 Å². The molecule has 0 spiro atoms. The van der Waals surface area contributed by atoms with E-state index >= 15 is 0 Å². The Labute approximate surface area is 181 Å². The molecule has 1 N–H and O–H groups in total. The monoisotopic (exact) mass is 431 g/mol. The Balaban J connectivity index is 2.15. The standard InChI is InChI=1S/C23H26ClNO5/c1-5-10-30-23(28)18-13(3)25-16-11-12(2)17(22(27)29-4)21(26)20(16)19(18)14-6-8-15(24)9-7-14/h6-9,12,17,19,25H,5,10-11H2,1-4H3/t12-,17+,19+/m1/s1. The van der Waals surface area contributed by atoms with Gasteiger partial charge in [0.25, 0.3) is 0 Å². The Morgan fingerprint density at radius 1 is 1.23 bits per heavy atom. The number of Topliss-reactive ketones (excluding diaryl/α,β-unsaturated/α-hetero) is 1. The molecule has 0 unspecified atom stereocenters. The molecule has 0 bridgehead atoms. The van der Waals surface area contributed by atoms with E-state index in [2.05, 4.69) is 5.32 Å². The molecule has 1 aromatic rings. The first kappa shape index (κ1) is 22.1. The van der Waals surface area contributed by atoms with Crippen molar-refractivity contribution in [1.29, 1.82) is 0 Å². The molecule has 160 valence electrons. The predicted octanol–water partition coefficient (Wildman–Crippen LogP) is 3.91. The van der Waals surface area contributed by atoms with Crippen LogP contribution in [0.1, 0.15) is 45.1 Å². The van der Waals surface area contributed by atoms with E-state index in [1.54, 1.807) is 31.2 Å². The third-order valence-electron chi connectivity index (χ3n) is 5.60. The lowest BCUT2D eigenvalue weighted by atomic mass is 9.69. The molecule has 0 fully saturated rings. The highest BCUT2D eigenvalue weighted by molar-refractivity contribution is 6.30. The number of dihydropyridines is 1. The molecule has 7 heteroatoms. The van der Waals surface area contributed by atoms with Gasteiger partial charge in [0.2, 0.25) is 0 Å². The number of hydrogen-bond acceptors (Lipinski definition) is 6. The molecule has 0 saturated heterocycles. The number of halogens is 1. The van der Waals surface area contributed by atoms with E-state index in [1.165, 1.54) is 7.11 Å². The topological polar surface area (TPSA) is 81.7 Å². The van der Waals surface area contributed by atoms with Crippen LogP contribution in [0.25, 0.3) is 0 Å². The van der Waals surface area contributed by atoms with Gasteiger partial charge in [-0.2, -0.15) is 0 Å². The molecule has 0 saturated carbocycles. The normalized spacial score (nSPS) is 23.6. The number of rotatable bonds is 5. The number of carbonyl (C=O) groups is 3. The summed E-state index contributed by atoms with van der Waals surface area (Å²) in [5.41, 5.74) is 2.90. The molecule has 1 aliphatic heterocycles. The summed E-state index contributed by atoms with van der Waals surface area (Å²) in [7, 11) is 1.28. The fourth-order valence-electron chi connectivity index (χ4n) is 4.21. The summed E-state index contributed by atoms with van der Waals surface area (Å²) < 4.78 is 10.3. The minimum atomic E-state index is -0.906. The van der Waals surface area contributed by atoms with Crippen LogP contribution in [0, 0.1) is 11.8 Å². The minimum Gasteiger partial charge on any atom is -0.468 e. The largest absolute Gasteiger partial charge is 0.468 e. The van der Waals surface area contributed by atoms with E-state index in [0.29, 0.717) is 34.7 Å². The highest BCUT2D eigenvalue weighted by Crippen LogP contribution is 2.45. The smallest absolute Gasteiger partial charge is 0.336 e. The second-order valence-electron chi connectivity index (χ2n) is 7.72. The molecule has 1 aliphatic carbocycles. The van der Waals surface area contributed by atoms with Gasteiger partial charge in [0.05, 0.1) is 19.3 Å². The molecule has 0 aromatic heterocycles. The lowest BCUT2D eigenvalue weighted by Gasteiger charge is -2.38. The third kappa shape index (κ3) is 4.01. The van der Waals surface area contributed by atoms with Gasteiger partial charge in [0.15, 0.2) is 5.78 Å². The van der Waals surface area contributed by atoms with Crippen LogP contribution in [0.5, 0.6) is 0 Å². The number of allylic oxidation sites excluding steroid dienone is 3. The zero-order valence-electron chi connectivity index (χ0n) is 17.6. The molecule has 3 atom stereocenters. The second kappa shape index (κ2) is 9.04. The SMILES string of the molecule is CCCOC(=O)C1=C(C)NC2=C(C(=O)[C@@H](C(=O)OC)[C@H](C)C2)[C@H]1c1ccc(Cl)cc1. The molecule has 2 aliphatic rings. The Kier molecular flexibility index (Phi) is 6.66. The van der Waals surface area contributed by atoms with E-state index in [9.17, 15) is 14.4 Å². The number of carbonyl (C=O) groups excluding carboxylic acids is 3.